The van der Waals surface area contributed by atoms with Crippen LogP contribution in [0.25, 0.3) is 0 Å². The van der Waals surface area contributed by atoms with E-state index in [1.54, 1.807) is 35.5 Å². The number of anilines is 1. The first-order chi connectivity index (χ1) is 19.5. The number of pyridine rings is 1. The number of likely N-dealkylation sites (tertiary alicyclic amines) is 1. The fourth-order valence-corrected chi connectivity index (χ4v) is 4.96. The van der Waals surface area contributed by atoms with Gasteiger partial charge in [-0.05, 0) is 56.0 Å². The number of hydrogen-bond donors (Lipinski definition) is 0. The Hall–Kier alpha value is -4.34. The summed E-state index contributed by atoms with van der Waals surface area (Å²) in [4.78, 5) is 42.6. The van der Waals surface area contributed by atoms with E-state index in [1.807, 2.05) is 4.90 Å². The average Bonchev–Trinajstić information content (AvgIpc) is 3.64. The van der Waals surface area contributed by atoms with Crippen LogP contribution in [0.3, 0.4) is 0 Å². The molecule has 2 atom stereocenters. The zero-order valence-electron chi connectivity index (χ0n) is 22.2. The molecule has 2 aliphatic heterocycles. The van der Waals surface area contributed by atoms with Crippen molar-refractivity contribution in [1.29, 1.82) is 0 Å². The normalized spacial score (nSPS) is 17.6. The van der Waals surface area contributed by atoms with Crippen molar-refractivity contribution in [2.75, 3.05) is 24.5 Å². The number of ether oxygens (including phenoxy) is 2. The van der Waals surface area contributed by atoms with Crippen molar-refractivity contribution in [2.24, 2.45) is 5.92 Å². The second-order valence-electron chi connectivity index (χ2n) is 9.92. The van der Waals surface area contributed by atoms with Crippen molar-refractivity contribution in [3.63, 3.8) is 0 Å². The molecule has 0 aliphatic carbocycles. The van der Waals surface area contributed by atoms with Crippen LogP contribution in [-0.4, -0.2) is 57.4 Å². The van der Waals surface area contributed by atoms with Crippen LogP contribution in [0.2, 0.25) is 0 Å². The van der Waals surface area contributed by atoms with Gasteiger partial charge < -0.3 is 19.3 Å². The molecular weight excluding hydrogens is 513 g/mol. The van der Waals surface area contributed by atoms with Gasteiger partial charge in [0.15, 0.2) is 6.10 Å². The number of halogens is 1. The molecular formula is C30H32FN5O4. The largest absolute Gasteiger partial charge is 0.479 e. The summed E-state index contributed by atoms with van der Waals surface area (Å²) in [6.45, 7) is 5.96. The molecule has 2 amide bonds. The molecule has 2 aliphatic rings. The van der Waals surface area contributed by atoms with E-state index in [0.29, 0.717) is 61.1 Å². The van der Waals surface area contributed by atoms with E-state index in [1.165, 1.54) is 30.5 Å². The number of nitrogens with zero attached hydrogens (tertiary/aromatic N) is 5. The smallest absolute Gasteiger partial charge is 0.268 e. The van der Waals surface area contributed by atoms with Crippen LogP contribution in [0.1, 0.15) is 37.9 Å². The summed E-state index contributed by atoms with van der Waals surface area (Å²) in [5, 5.41) is 0. The topological polar surface area (TPSA) is 97.8 Å². The lowest BCUT2D eigenvalue weighted by Crippen LogP contribution is -2.34. The SMILES string of the molecule is C=CCC(CCc1ncc(N2CC[C@@H](Oc3ccc(Oc4ccc(F)cc4)nc3)C2=O)cn1)C(=O)N1CCCC1. The number of amides is 2. The number of aryl methyl sites for hydroxylation is 1. The minimum absolute atomic E-state index is 0.116. The first-order valence-corrected chi connectivity index (χ1v) is 13.6. The number of benzene rings is 1. The third-order valence-corrected chi connectivity index (χ3v) is 7.12. The molecule has 40 heavy (non-hydrogen) atoms. The van der Waals surface area contributed by atoms with Crippen LogP contribution in [0.15, 0.2) is 67.6 Å². The van der Waals surface area contributed by atoms with Crippen LogP contribution < -0.4 is 14.4 Å². The Morgan fingerprint density at radius 2 is 1.75 bits per heavy atom. The molecule has 0 N–H and O–H groups in total. The number of carbonyl (C=O) groups excluding carboxylic acids is 2. The molecule has 208 valence electrons. The summed E-state index contributed by atoms with van der Waals surface area (Å²) in [5.74, 6) is 1.42. The molecule has 0 spiro atoms. The first-order valence-electron chi connectivity index (χ1n) is 13.6. The fourth-order valence-electron chi connectivity index (χ4n) is 4.96. The van der Waals surface area contributed by atoms with E-state index in [0.717, 1.165) is 25.9 Å². The highest BCUT2D eigenvalue weighted by atomic mass is 19.1. The number of allylic oxidation sites excluding steroid dienone is 1. The minimum atomic E-state index is -0.651. The molecule has 3 aromatic rings. The van der Waals surface area contributed by atoms with E-state index < -0.39 is 6.10 Å². The predicted octanol–water partition coefficient (Wildman–Crippen LogP) is 4.73. The van der Waals surface area contributed by atoms with E-state index >= 15 is 0 Å². The number of carbonyl (C=O) groups is 2. The zero-order valence-corrected chi connectivity index (χ0v) is 22.2. The van der Waals surface area contributed by atoms with Gasteiger partial charge in [-0.2, -0.15) is 0 Å². The lowest BCUT2D eigenvalue weighted by molar-refractivity contribution is -0.134. The van der Waals surface area contributed by atoms with Crippen molar-refractivity contribution >= 4 is 17.5 Å². The van der Waals surface area contributed by atoms with E-state index in [4.69, 9.17) is 9.47 Å². The van der Waals surface area contributed by atoms with Gasteiger partial charge in [-0.15, -0.1) is 6.58 Å². The van der Waals surface area contributed by atoms with E-state index in [2.05, 4.69) is 21.5 Å². The highest BCUT2D eigenvalue weighted by Crippen LogP contribution is 2.26. The van der Waals surface area contributed by atoms with Gasteiger partial charge in [-0.25, -0.2) is 19.3 Å². The highest BCUT2D eigenvalue weighted by molar-refractivity contribution is 5.98. The molecule has 0 saturated carbocycles. The second kappa shape index (κ2) is 12.7. The second-order valence-corrected chi connectivity index (χ2v) is 9.92. The first kappa shape index (κ1) is 27.2. The van der Waals surface area contributed by atoms with Gasteiger partial charge >= 0.3 is 0 Å². The fraction of sp³-hybridized carbons (Fsp3) is 0.367. The molecule has 0 radical (unpaired) electrons. The predicted molar refractivity (Wildman–Crippen MR) is 147 cm³/mol. The van der Waals surface area contributed by atoms with Crippen LogP contribution in [-0.2, 0) is 16.0 Å². The number of aromatic nitrogens is 3. The van der Waals surface area contributed by atoms with E-state index in [9.17, 15) is 14.0 Å². The summed E-state index contributed by atoms with van der Waals surface area (Å²) in [6, 6.07) is 8.94. The van der Waals surface area contributed by atoms with Crippen LogP contribution in [0, 0.1) is 11.7 Å². The molecule has 1 aromatic carbocycles. The average molecular weight is 546 g/mol. The standard InChI is InChI=1S/C30H32FN5O4/c1-2-5-21(29(37)35-15-3-4-16-35)6-12-27-32-18-23(19-33-27)36-17-14-26(30(36)38)39-25-11-13-28(34-20-25)40-24-9-7-22(31)8-10-24/h2,7-11,13,18-21,26H,1,3-6,12,14-17H2/t21?,26-/m1/s1. The van der Waals surface area contributed by atoms with Gasteiger partial charge in [-0.3, -0.25) is 9.59 Å². The quantitative estimate of drug-likeness (QED) is 0.321. The highest BCUT2D eigenvalue weighted by Gasteiger charge is 2.35. The summed E-state index contributed by atoms with van der Waals surface area (Å²) in [7, 11) is 0. The summed E-state index contributed by atoms with van der Waals surface area (Å²) >= 11 is 0. The van der Waals surface area contributed by atoms with Gasteiger partial charge in [0.25, 0.3) is 5.91 Å². The van der Waals surface area contributed by atoms with E-state index in [-0.39, 0.29) is 23.5 Å². The van der Waals surface area contributed by atoms with Gasteiger partial charge in [0.1, 0.15) is 23.1 Å². The Kier molecular flexibility index (Phi) is 8.63. The minimum Gasteiger partial charge on any atom is -0.479 e. The van der Waals surface area contributed by atoms with Gasteiger partial charge in [0.2, 0.25) is 11.8 Å². The van der Waals surface area contributed by atoms with Gasteiger partial charge in [0.05, 0.1) is 24.3 Å². The Bertz CT molecular complexity index is 1310. The maximum absolute atomic E-state index is 13.1. The summed E-state index contributed by atoms with van der Waals surface area (Å²) < 4.78 is 24.6. The third kappa shape index (κ3) is 6.62. The van der Waals surface area contributed by atoms with Crippen LogP contribution in [0.5, 0.6) is 17.4 Å². The van der Waals surface area contributed by atoms with Crippen molar-refractivity contribution in [3.8, 4) is 17.4 Å². The molecule has 5 rings (SSSR count). The Labute approximate surface area is 232 Å². The maximum Gasteiger partial charge on any atom is 0.268 e. The Balaban J connectivity index is 1.13. The monoisotopic (exact) mass is 545 g/mol. The zero-order chi connectivity index (χ0) is 27.9. The van der Waals surface area contributed by atoms with Crippen LogP contribution >= 0.6 is 0 Å². The van der Waals surface area contributed by atoms with Gasteiger partial charge in [-0.1, -0.05) is 6.08 Å². The van der Waals surface area contributed by atoms with Crippen molar-refractivity contribution in [1.82, 2.24) is 19.9 Å². The molecule has 0 bridgehead atoms. The third-order valence-electron chi connectivity index (χ3n) is 7.12. The number of hydrogen-bond acceptors (Lipinski definition) is 7. The molecule has 9 nitrogen and oxygen atoms in total. The summed E-state index contributed by atoms with van der Waals surface area (Å²) in [6.07, 6.45) is 10.4. The number of rotatable bonds is 11. The molecule has 4 heterocycles. The molecule has 2 fully saturated rings. The maximum atomic E-state index is 13.1. The molecule has 1 unspecified atom stereocenters. The van der Waals surface area contributed by atoms with Gasteiger partial charge in [0, 0.05) is 44.5 Å². The van der Waals surface area contributed by atoms with Crippen molar-refractivity contribution in [2.45, 2.75) is 44.6 Å². The molecule has 2 aromatic heterocycles. The summed E-state index contributed by atoms with van der Waals surface area (Å²) in [5.41, 5.74) is 0.608. The van der Waals surface area contributed by atoms with Crippen molar-refractivity contribution < 1.29 is 23.5 Å². The lowest BCUT2D eigenvalue weighted by Gasteiger charge is -2.22. The van der Waals surface area contributed by atoms with Crippen molar-refractivity contribution in [3.05, 3.63) is 79.3 Å². The van der Waals surface area contributed by atoms with Crippen LogP contribution in [0.4, 0.5) is 10.1 Å². The lowest BCUT2D eigenvalue weighted by atomic mass is 9.97. The molecule has 2 saturated heterocycles. The Morgan fingerprint density at radius 3 is 2.42 bits per heavy atom. The Morgan fingerprint density at radius 1 is 1.02 bits per heavy atom. The molecule has 10 heteroatoms.